The van der Waals surface area contributed by atoms with Gasteiger partial charge in [0.15, 0.2) is 11.4 Å². The molecule has 0 aliphatic carbocycles. The van der Waals surface area contributed by atoms with Gasteiger partial charge in [-0.3, -0.25) is 4.79 Å². The maximum atomic E-state index is 13.7. The van der Waals surface area contributed by atoms with Crippen LogP contribution in [0.4, 0.5) is 10.2 Å². The Labute approximate surface area is 151 Å². The lowest BCUT2D eigenvalue weighted by Gasteiger charge is -2.18. The highest BCUT2D eigenvalue weighted by Crippen LogP contribution is 2.39. The van der Waals surface area contributed by atoms with Crippen molar-refractivity contribution in [3.05, 3.63) is 51.6 Å². The van der Waals surface area contributed by atoms with E-state index in [1.807, 2.05) is 0 Å². The number of halogens is 3. The van der Waals surface area contributed by atoms with Crippen molar-refractivity contribution in [1.29, 1.82) is 0 Å². The molecule has 0 unspecified atom stereocenters. The number of carbonyl (C=O) groups is 1. The number of aromatic nitrogens is 1. The van der Waals surface area contributed by atoms with E-state index in [1.54, 1.807) is 6.92 Å². The van der Waals surface area contributed by atoms with Gasteiger partial charge in [-0.25, -0.2) is 9.37 Å². The molecule has 6 nitrogen and oxygen atoms in total. The summed E-state index contributed by atoms with van der Waals surface area (Å²) >= 11 is 12.1. The highest BCUT2D eigenvalue weighted by Gasteiger charge is 2.23. The quantitative estimate of drug-likeness (QED) is 0.659. The zero-order valence-electron chi connectivity index (χ0n) is 12.8. The van der Waals surface area contributed by atoms with E-state index in [1.165, 1.54) is 18.5 Å². The molecule has 2 aromatic heterocycles. The maximum absolute atomic E-state index is 13.7. The van der Waals surface area contributed by atoms with E-state index in [4.69, 9.17) is 43.8 Å². The van der Waals surface area contributed by atoms with Crippen LogP contribution in [0.15, 0.2) is 29.0 Å². The molecule has 0 spiro atoms. The summed E-state index contributed by atoms with van der Waals surface area (Å²) in [5.41, 5.74) is 11.7. The molecule has 1 amide bonds. The van der Waals surface area contributed by atoms with Gasteiger partial charge in [-0.2, -0.15) is 0 Å². The van der Waals surface area contributed by atoms with Crippen molar-refractivity contribution in [1.82, 2.24) is 4.98 Å². The summed E-state index contributed by atoms with van der Waals surface area (Å²) in [4.78, 5) is 15.4. The average Bonchev–Trinajstić information content (AvgIpc) is 2.98. The van der Waals surface area contributed by atoms with E-state index in [-0.39, 0.29) is 38.3 Å². The second-order valence-corrected chi connectivity index (χ2v) is 6.03. The number of anilines is 1. The first kappa shape index (κ1) is 17.3. The Kier molecular flexibility index (Phi) is 4.45. The molecule has 1 aromatic carbocycles. The number of carbonyl (C=O) groups excluding carboxylic acids is 1. The molecule has 0 fully saturated rings. The number of hydrogen-bond donors (Lipinski definition) is 2. The minimum Gasteiger partial charge on any atom is -0.478 e. The first-order valence-electron chi connectivity index (χ1n) is 7.06. The molecule has 1 atom stereocenters. The van der Waals surface area contributed by atoms with Gasteiger partial charge in [0.25, 0.3) is 5.91 Å². The second kappa shape index (κ2) is 6.42. The monoisotopic (exact) mass is 383 g/mol. The summed E-state index contributed by atoms with van der Waals surface area (Å²) < 4.78 is 24.9. The number of amides is 1. The number of rotatable bonds is 4. The zero-order valence-corrected chi connectivity index (χ0v) is 14.4. The van der Waals surface area contributed by atoms with Crippen LogP contribution in [0.25, 0.3) is 11.0 Å². The van der Waals surface area contributed by atoms with Crippen LogP contribution in [0.3, 0.4) is 0 Å². The van der Waals surface area contributed by atoms with Crippen LogP contribution < -0.4 is 16.2 Å². The highest BCUT2D eigenvalue weighted by molar-refractivity contribution is 6.36. The van der Waals surface area contributed by atoms with Crippen molar-refractivity contribution in [3.8, 4) is 5.75 Å². The van der Waals surface area contributed by atoms with Crippen LogP contribution >= 0.6 is 23.2 Å². The fraction of sp³-hybridized carbons (Fsp3) is 0.125. The van der Waals surface area contributed by atoms with Gasteiger partial charge < -0.3 is 20.6 Å². The number of ether oxygens (including phenoxy) is 1. The first-order valence-corrected chi connectivity index (χ1v) is 7.82. The molecule has 4 N–H and O–H groups in total. The highest BCUT2D eigenvalue weighted by atomic mass is 35.5. The van der Waals surface area contributed by atoms with Gasteiger partial charge >= 0.3 is 0 Å². The smallest absolute Gasteiger partial charge is 0.252 e. The third-order valence-corrected chi connectivity index (χ3v) is 4.36. The van der Waals surface area contributed by atoms with Crippen LogP contribution in [0.2, 0.25) is 10.0 Å². The Morgan fingerprint density at radius 3 is 2.80 bits per heavy atom. The van der Waals surface area contributed by atoms with Crippen molar-refractivity contribution < 1.29 is 18.3 Å². The van der Waals surface area contributed by atoms with Gasteiger partial charge in [0.05, 0.1) is 16.0 Å². The van der Waals surface area contributed by atoms with Crippen molar-refractivity contribution in [2.24, 2.45) is 5.73 Å². The van der Waals surface area contributed by atoms with E-state index in [0.29, 0.717) is 5.39 Å². The van der Waals surface area contributed by atoms with Crippen LogP contribution in [-0.2, 0) is 0 Å². The minimum atomic E-state index is -0.771. The van der Waals surface area contributed by atoms with Crippen LogP contribution in [0.5, 0.6) is 5.75 Å². The molecule has 0 aliphatic heterocycles. The van der Waals surface area contributed by atoms with Crippen LogP contribution in [0.1, 0.15) is 28.9 Å². The van der Waals surface area contributed by atoms with Crippen molar-refractivity contribution >= 4 is 45.9 Å². The number of nitrogens with two attached hydrogens (primary N) is 2. The Bertz CT molecular complexity index is 990. The van der Waals surface area contributed by atoms with Crippen LogP contribution in [-0.4, -0.2) is 10.9 Å². The molecular weight excluding hydrogens is 372 g/mol. The summed E-state index contributed by atoms with van der Waals surface area (Å²) in [6.45, 7) is 1.61. The van der Waals surface area contributed by atoms with Gasteiger partial charge in [-0.1, -0.05) is 23.2 Å². The van der Waals surface area contributed by atoms with Gasteiger partial charge in [0, 0.05) is 16.8 Å². The van der Waals surface area contributed by atoms with E-state index in [0.717, 1.165) is 6.07 Å². The Balaban J connectivity index is 2.08. The molecule has 0 aliphatic rings. The summed E-state index contributed by atoms with van der Waals surface area (Å²) in [7, 11) is 0. The molecule has 0 radical (unpaired) electrons. The third kappa shape index (κ3) is 2.96. The fourth-order valence-electron chi connectivity index (χ4n) is 2.44. The van der Waals surface area contributed by atoms with E-state index in [9.17, 15) is 9.18 Å². The fourth-order valence-corrected chi connectivity index (χ4v) is 3.11. The summed E-state index contributed by atoms with van der Waals surface area (Å²) in [6.07, 6.45) is 1.77. The number of nitrogen functional groups attached to an aromatic ring is 1. The molecule has 25 heavy (non-hydrogen) atoms. The van der Waals surface area contributed by atoms with Gasteiger partial charge in [0.2, 0.25) is 5.75 Å². The van der Waals surface area contributed by atoms with E-state index < -0.39 is 17.8 Å². The molecule has 2 heterocycles. The number of nitrogens with zero attached hydrogens (tertiary/aromatic N) is 1. The molecule has 9 heteroatoms. The number of benzene rings is 1. The van der Waals surface area contributed by atoms with Crippen molar-refractivity contribution in [3.63, 3.8) is 0 Å². The second-order valence-electron chi connectivity index (χ2n) is 5.25. The molecular formula is C16H12Cl2FN3O3. The third-order valence-electron chi connectivity index (χ3n) is 3.65. The Hall–Kier alpha value is -2.51. The SMILES string of the molecule is C[C@@H](Oc1c(N)ncc2c(C(N)=O)coc12)c1c(Cl)ccc(F)c1Cl. The number of fused-ring (bicyclic) bond motifs is 1. The molecule has 0 saturated carbocycles. The topological polar surface area (TPSA) is 104 Å². The zero-order chi connectivity index (χ0) is 18.3. The predicted octanol–water partition coefficient (Wildman–Crippen LogP) is 4.09. The average molecular weight is 384 g/mol. The largest absolute Gasteiger partial charge is 0.478 e. The lowest BCUT2D eigenvalue weighted by molar-refractivity contribution is 0.100. The number of hydrogen-bond acceptors (Lipinski definition) is 5. The molecule has 3 rings (SSSR count). The van der Waals surface area contributed by atoms with E-state index in [2.05, 4.69) is 4.98 Å². The summed E-state index contributed by atoms with van der Waals surface area (Å²) in [5.74, 6) is -1.21. The number of primary amides is 1. The number of furan rings is 1. The standard InChI is InChI=1S/C16H12Cl2FN3O3/c1-6(11-9(17)2-3-10(19)12(11)18)25-14-13-7(4-22-15(14)20)8(5-24-13)16(21)23/h2-6H,1H3,(H2,20,22)(H2,21,23)/t6-/m1/s1. The number of pyridine rings is 1. The maximum Gasteiger partial charge on any atom is 0.252 e. The van der Waals surface area contributed by atoms with Gasteiger partial charge in [-0.05, 0) is 19.1 Å². The molecule has 130 valence electrons. The molecule has 0 saturated heterocycles. The lowest BCUT2D eigenvalue weighted by atomic mass is 10.1. The van der Waals surface area contributed by atoms with Gasteiger partial charge in [-0.15, -0.1) is 0 Å². The lowest BCUT2D eigenvalue weighted by Crippen LogP contribution is -2.10. The van der Waals surface area contributed by atoms with Crippen molar-refractivity contribution in [2.45, 2.75) is 13.0 Å². The Morgan fingerprint density at radius 1 is 1.40 bits per heavy atom. The van der Waals surface area contributed by atoms with Crippen LogP contribution in [0, 0.1) is 5.82 Å². The normalized spacial score (nSPS) is 12.3. The minimum absolute atomic E-state index is 0.0216. The summed E-state index contributed by atoms with van der Waals surface area (Å²) in [5, 5.41) is 0.422. The predicted molar refractivity (Wildman–Crippen MR) is 92.4 cm³/mol. The molecule has 0 bridgehead atoms. The van der Waals surface area contributed by atoms with E-state index >= 15 is 0 Å². The van der Waals surface area contributed by atoms with Crippen molar-refractivity contribution in [2.75, 3.05) is 5.73 Å². The first-order chi connectivity index (χ1) is 11.8. The Morgan fingerprint density at radius 2 is 2.12 bits per heavy atom. The summed E-state index contributed by atoms with van der Waals surface area (Å²) in [6, 6.07) is 2.53. The molecule has 3 aromatic rings. The van der Waals surface area contributed by atoms with Gasteiger partial charge in [0.1, 0.15) is 18.2 Å².